The largest absolute Gasteiger partial charge is 0.444 e. The molecule has 2 aromatic rings. The number of benzene rings is 1. The topological polar surface area (TPSA) is 58.3 Å². The Hall–Kier alpha value is -2.48. The third kappa shape index (κ3) is 3.29. The van der Waals surface area contributed by atoms with Crippen LogP contribution in [-0.2, 0) is 24.1 Å². The van der Waals surface area contributed by atoms with Gasteiger partial charge in [-0.25, -0.2) is 4.79 Å². The highest BCUT2D eigenvalue weighted by Gasteiger charge is 2.33. The van der Waals surface area contributed by atoms with Crippen LogP contribution < -0.4 is 0 Å². The first-order valence-electron chi connectivity index (χ1n) is 9.91. The van der Waals surface area contributed by atoms with Crippen molar-refractivity contribution in [2.45, 2.75) is 71.1 Å². The zero-order chi connectivity index (χ0) is 19.2. The Balaban J connectivity index is 1.65. The molecule has 1 saturated heterocycles. The first-order chi connectivity index (χ1) is 12.9. The van der Waals surface area contributed by atoms with E-state index in [9.17, 15) is 10.1 Å². The minimum absolute atomic E-state index is 0.163. The molecule has 0 spiro atoms. The van der Waals surface area contributed by atoms with Gasteiger partial charge in [0.25, 0.3) is 0 Å². The Labute approximate surface area is 160 Å². The quantitative estimate of drug-likeness (QED) is 0.792. The Morgan fingerprint density at radius 2 is 2.11 bits per heavy atom. The molecule has 0 N–H and O–H groups in total. The average Bonchev–Trinajstić information content (AvgIpc) is 3.31. The molecule has 27 heavy (non-hydrogen) atoms. The zero-order valence-corrected chi connectivity index (χ0v) is 16.4. The summed E-state index contributed by atoms with van der Waals surface area (Å²) < 4.78 is 8.02. The van der Waals surface area contributed by atoms with Gasteiger partial charge in [-0.1, -0.05) is 0 Å². The van der Waals surface area contributed by atoms with Gasteiger partial charge < -0.3 is 14.2 Å². The van der Waals surface area contributed by atoms with Gasteiger partial charge in [0.05, 0.1) is 17.7 Å². The normalized spacial score (nSPS) is 19.3. The van der Waals surface area contributed by atoms with Crippen molar-refractivity contribution in [2.24, 2.45) is 0 Å². The number of ether oxygens (including phenoxy) is 1. The van der Waals surface area contributed by atoms with E-state index in [0.717, 1.165) is 45.2 Å². The molecule has 0 saturated carbocycles. The van der Waals surface area contributed by atoms with Crippen molar-refractivity contribution in [3.05, 3.63) is 35.0 Å². The summed E-state index contributed by atoms with van der Waals surface area (Å²) in [6.45, 7) is 7.30. The molecule has 1 aliphatic heterocycles. The fourth-order valence-corrected chi connectivity index (χ4v) is 4.55. The van der Waals surface area contributed by atoms with Crippen LogP contribution in [0.5, 0.6) is 0 Å². The second-order valence-corrected chi connectivity index (χ2v) is 8.70. The number of hydrogen-bond donors (Lipinski definition) is 0. The van der Waals surface area contributed by atoms with Gasteiger partial charge in [-0.3, -0.25) is 0 Å². The van der Waals surface area contributed by atoms with E-state index in [4.69, 9.17) is 4.74 Å². The molecule has 1 atom stereocenters. The highest BCUT2D eigenvalue weighted by atomic mass is 16.6. The minimum Gasteiger partial charge on any atom is -0.444 e. The standard InChI is InChI=1S/C22H27N3O2/c1-22(2,3)27-21(26)24-11-5-6-16(24)14-25-19-8-4-7-17(19)18-12-15(13-23)9-10-20(18)25/h9-10,12,16H,4-8,11,14H2,1-3H3/t16-/m0/s1. The number of carbonyl (C=O) groups is 1. The summed E-state index contributed by atoms with van der Waals surface area (Å²) in [5, 5.41) is 10.5. The molecule has 2 heterocycles. The van der Waals surface area contributed by atoms with Gasteiger partial charge in [-0.2, -0.15) is 5.26 Å². The predicted octanol–water partition coefficient (Wildman–Crippen LogP) is 4.40. The monoisotopic (exact) mass is 365 g/mol. The number of likely N-dealkylation sites (tertiary alicyclic amines) is 1. The Bertz CT molecular complexity index is 930. The van der Waals surface area contributed by atoms with Gasteiger partial charge >= 0.3 is 6.09 Å². The van der Waals surface area contributed by atoms with Crippen LogP contribution in [0.4, 0.5) is 4.79 Å². The molecule has 1 aromatic heterocycles. The van der Waals surface area contributed by atoms with Crippen LogP contribution in [0, 0.1) is 11.3 Å². The summed E-state index contributed by atoms with van der Waals surface area (Å²) in [6, 6.07) is 8.41. The second kappa shape index (κ2) is 6.60. The van der Waals surface area contributed by atoms with E-state index in [-0.39, 0.29) is 12.1 Å². The summed E-state index contributed by atoms with van der Waals surface area (Å²) in [4.78, 5) is 14.5. The molecule has 5 nitrogen and oxygen atoms in total. The summed E-state index contributed by atoms with van der Waals surface area (Å²) in [6.07, 6.45) is 5.13. The van der Waals surface area contributed by atoms with Crippen LogP contribution in [0.25, 0.3) is 10.9 Å². The molecule has 1 amide bonds. The second-order valence-electron chi connectivity index (χ2n) is 8.70. The lowest BCUT2D eigenvalue weighted by molar-refractivity contribution is 0.0214. The average molecular weight is 365 g/mol. The van der Waals surface area contributed by atoms with Crippen LogP contribution in [-0.4, -0.2) is 33.7 Å². The maximum atomic E-state index is 12.6. The number of amides is 1. The summed E-state index contributed by atoms with van der Waals surface area (Å²) in [7, 11) is 0. The van der Waals surface area contributed by atoms with E-state index in [0.29, 0.717) is 5.56 Å². The van der Waals surface area contributed by atoms with Gasteiger partial charge in [-0.05, 0) is 76.6 Å². The van der Waals surface area contributed by atoms with Gasteiger partial charge in [0.1, 0.15) is 5.60 Å². The molecule has 0 radical (unpaired) electrons. The smallest absolute Gasteiger partial charge is 0.410 e. The number of aryl methyl sites for hydroxylation is 1. The number of carbonyl (C=O) groups excluding carboxylic acids is 1. The SMILES string of the molecule is CC(C)(C)OC(=O)N1CCC[C@H]1Cn1c2c(c3cc(C#N)ccc31)CCC2. The van der Waals surface area contributed by atoms with Crippen molar-refractivity contribution < 1.29 is 9.53 Å². The summed E-state index contributed by atoms with van der Waals surface area (Å²) >= 11 is 0. The highest BCUT2D eigenvalue weighted by Crippen LogP contribution is 2.35. The van der Waals surface area contributed by atoms with Crippen LogP contribution in [0.15, 0.2) is 18.2 Å². The first kappa shape index (κ1) is 17.9. The Morgan fingerprint density at radius 1 is 1.30 bits per heavy atom. The van der Waals surface area contributed by atoms with Crippen molar-refractivity contribution >= 4 is 17.0 Å². The van der Waals surface area contributed by atoms with Crippen LogP contribution in [0.2, 0.25) is 0 Å². The first-order valence-corrected chi connectivity index (χ1v) is 9.91. The van der Waals surface area contributed by atoms with Gasteiger partial charge in [0, 0.05) is 29.7 Å². The molecular weight excluding hydrogens is 338 g/mol. The van der Waals surface area contributed by atoms with Crippen molar-refractivity contribution in [1.29, 1.82) is 5.26 Å². The molecule has 1 fully saturated rings. The van der Waals surface area contributed by atoms with Crippen molar-refractivity contribution in [3.63, 3.8) is 0 Å². The van der Waals surface area contributed by atoms with Gasteiger partial charge in [0.15, 0.2) is 0 Å². The van der Waals surface area contributed by atoms with E-state index in [1.165, 1.54) is 22.2 Å². The molecule has 5 heteroatoms. The maximum Gasteiger partial charge on any atom is 0.410 e. The molecule has 4 rings (SSSR count). The molecule has 0 bridgehead atoms. The lowest BCUT2D eigenvalue weighted by atomic mass is 10.1. The van der Waals surface area contributed by atoms with Crippen LogP contribution in [0.3, 0.4) is 0 Å². The molecular formula is C22H27N3O2. The Kier molecular flexibility index (Phi) is 4.38. The van der Waals surface area contributed by atoms with Crippen LogP contribution in [0.1, 0.15) is 56.9 Å². The fraction of sp³-hybridized carbons (Fsp3) is 0.545. The van der Waals surface area contributed by atoms with Gasteiger partial charge in [0.2, 0.25) is 0 Å². The lowest BCUT2D eigenvalue weighted by Gasteiger charge is -2.29. The van der Waals surface area contributed by atoms with E-state index < -0.39 is 5.60 Å². The number of hydrogen-bond acceptors (Lipinski definition) is 3. The molecule has 2 aliphatic rings. The third-order valence-electron chi connectivity index (χ3n) is 5.65. The summed E-state index contributed by atoms with van der Waals surface area (Å²) in [5.41, 5.74) is 4.21. The van der Waals surface area contributed by atoms with Gasteiger partial charge in [-0.15, -0.1) is 0 Å². The predicted molar refractivity (Wildman–Crippen MR) is 105 cm³/mol. The fourth-order valence-electron chi connectivity index (χ4n) is 4.55. The lowest BCUT2D eigenvalue weighted by Crippen LogP contribution is -2.41. The zero-order valence-electron chi connectivity index (χ0n) is 16.4. The van der Waals surface area contributed by atoms with Crippen molar-refractivity contribution in [1.82, 2.24) is 9.47 Å². The Morgan fingerprint density at radius 3 is 2.85 bits per heavy atom. The minimum atomic E-state index is -0.473. The number of fused-ring (bicyclic) bond motifs is 3. The summed E-state index contributed by atoms with van der Waals surface area (Å²) in [5.74, 6) is 0. The van der Waals surface area contributed by atoms with Crippen LogP contribution >= 0.6 is 0 Å². The third-order valence-corrected chi connectivity index (χ3v) is 5.65. The van der Waals surface area contributed by atoms with Crippen molar-refractivity contribution in [3.8, 4) is 6.07 Å². The number of nitriles is 1. The highest BCUT2D eigenvalue weighted by molar-refractivity contribution is 5.87. The molecule has 0 unspecified atom stereocenters. The number of rotatable bonds is 2. The van der Waals surface area contributed by atoms with E-state index >= 15 is 0 Å². The van der Waals surface area contributed by atoms with E-state index in [1.54, 1.807) is 0 Å². The number of aromatic nitrogens is 1. The maximum absolute atomic E-state index is 12.6. The van der Waals surface area contributed by atoms with E-state index in [1.807, 2.05) is 37.8 Å². The molecule has 142 valence electrons. The molecule has 1 aromatic carbocycles. The molecule has 1 aliphatic carbocycles. The van der Waals surface area contributed by atoms with E-state index in [2.05, 4.69) is 16.7 Å². The van der Waals surface area contributed by atoms with Crippen molar-refractivity contribution in [2.75, 3.05) is 6.54 Å². The number of nitrogens with zero attached hydrogens (tertiary/aromatic N) is 3.